The smallest absolute Gasteiger partial charge is 0.401 e. The zero-order valence-electron chi connectivity index (χ0n) is 13.6. The van der Waals surface area contributed by atoms with Crippen molar-refractivity contribution in [3.63, 3.8) is 0 Å². The molecule has 0 saturated carbocycles. The van der Waals surface area contributed by atoms with Crippen LogP contribution < -0.4 is 5.32 Å². The van der Waals surface area contributed by atoms with E-state index < -0.39 is 16.7 Å². The summed E-state index contributed by atoms with van der Waals surface area (Å²) in [5.74, 6) is -0.945. The lowest BCUT2D eigenvalue weighted by Gasteiger charge is -2.03. The van der Waals surface area contributed by atoms with Crippen LogP contribution in [-0.4, -0.2) is 22.4 Å². The lowest BCUT2D eigenvalue weighted by molar-refractivity contribution is -0.402. The second-order valence-corrected chi connectivity index (χ2v) is 5.47. The number of rotatable bonds is 6. The molecule has 1 amide bonds. The molecule has 0 aliphatic heterocycles. The summed E-state index contributed by atoms with van der Waals surface area (Å²) in [6.07, 6.45) is 3.66. The van der Waals surface area contributed by atoms with Crippen LogP contribution in [0.2, 0.25) is 0 Å². The average Bonchev–Trinajstić information content (AvgIpc) is 3.27. The number of nitrogens with zero attached hydrogens (tertiary/aromatic N) is 2. The first-order valence-electron chi connectivity index (χ1n) is 7.77. The van der Waals surface area contributed by atoms with E-state index in [0.717, 1.165) is 22.5 Å². The van der Waals surface area contributed by atoms with Gasteiger partial charge in [-0.3, -0.25) is 14.9 Å². The maximum Gasteiger partial charge on any atom is 0.433 e. The van der Waals surface area contributed by atoms with Gasteiger partial charge in [0, 0.05) is 29.7 Å². The molecule has 3 rings (SSSR count). The van der Waals surface area contributed by atoms with Gasteiger partial charge in [0.05, 0.1) is 6.07 Å². The van der Waals surface area contributed by atoms with Gasteiger partial charge >= 0.3 is 5.88 Å². The number of amides is 1. The van der Waals surface area contributed by atoms with Gasteiger partial charge in [-0.15, -0.1) is 0 Å². The van der Waals surface area contributed by atoms with Gasteiger partial charge in [-0.2, -0.15) is 5.26 Å². The number of hydrogen-bond donors (Lipinski definition) is 2. The molecule has 0 fully saturated rings. The molecular weight excluding hydrogens is 336 g/mol. The topological polar surface area (TPSA) is 125 Å². The molecule has 8 heteroatoms. The lowest BCUT2D eigenvalue weighted by atomic mass is 10.1. The number of aromatic amines is 1. The van der Waals surface area contributed by atoms with E-state index in [1.165, 1.54) is 12.1 Å². The molecule has 0 atom stereocenters. The number of furan rings is 1. The Morgan fingerprint density at radius 3 is 2.88 bits per heavy atom. The van der Waals surface area contributed by atoms with Crippen molar-refractivity contribution >= 4 is 28.8 Å². The van der Waals surface area contributed by atoms with E-state index >= 15 is 0 Å². The number of nitro groups is 1. The van der Waals surface area contributed by atoms with Crippen molar-refractivity contribution in [2.24, 2.45) is 0 Å². The maximum absolute atomic E-state index is 12.1. The number of carbonyl (C=O) groups excluding carboxylic acids is 1. The first kappa shape index (κ1) is 17.0. The molecule has 0 aliphatic carbocycles. The Balaban J connectivity index is 1.63. The van der Waals surface area contributed by atoms with Crippen LogP contribution in [0.15, 0.2) is 52.6 Å². The van der Waals surface area contributed by atoms with Crippen molar-refractivity contribution in [2.75, 3.05) is 6.54 Å². The molecule has 0 aliphatic rings. The fourth-order valence-corrected chi connectivity index (χ4v) is 2.55. The summed E-state index contributed by atoms with van der Waals surface area (Å²) < 4.78 is 4.93. The number of nitrogens with one attached hydrogen (secondary N) is 2. The van der Waals surface area contributed by atoms with Crippen LogP contribution in [0.25, 0.3) is 17.0 Å². The third-order valence-electron chi connectivity index (χ3n) is 3.80. The first-order chi connectivity index (χ1) is 12.6. The fourth-order valence-electron chi connectivity index (χ4n) is 2.55. The molecule has 130 valence electrons. The van der Waals surface area contributed by atoms with Gasteiger partial charge in [0.15, 0.2) is 0 Å². The highest BCUT2D eigenvalue weighted by atomic mass is 16.6. The SMILES string of the molecule is N#CC(=Cc1ccc([N+](=O)[O-])o1)C(=O)NCCc1c[nH]c2ccccc12. The molecule has 3 aromatic rings. The summed E-state index contributed by atoms with van der Waals surface area (Å²) >= 11 is 0. The number of nitriles is 1. The van der Waals surface area contributed by atoms with E-state index in [4.69, 9.17) is 9.68 Å². The van der Waals surface area contributed by atoms with E-state index in [2.05, 4.69) is 10.3 Å². The largest absolute Gasteiger partial charge is 0.433 e. The predicted molar refractivity (Wildman–Crippen MR) is 94.0 cm³/mol. The number of H-pyrrole nitrogens is 1. The van der Waals surface area contributed by atoms with Crippen LogP contribution in [0.4, 0.5) is 5.88 Å². The normalized spacial score (nSPS) is 11.3. The van der Waals surface area contributed by atoms with Gasteiger partial charge in [-0.05, 0) is 24.1 Å². The molecule has 0 spiro atoms. The van der Waals surface area contributed by atoms with Crippen LogP contribution in [0, 0.1) is 21.4 Å². The lowest BCUT2D eigenvalue weighted by Crippen LogP contribution is -2.26. The summed E-state index contributed by atoms with van der Waals surface area (Å²) in [6, 6.07) is 12.1. The summed E-state index contributed by atoms with van der Waals surface area (Å²) in [5, 5.41) is 23.5. The molecular formula is C18H14N4O4. The fraction of sp³-hybridized carbons (Fsp3) is 0.111. The number of fused-ring (bicyclic) bond motifs is 1. The van der Waals surface area contributed by atoms with Gasteiger partial charge in [0.25, 0.3) is 5.91 Å². The highest BCUT2D eigenvalue weighted by Gasteiger charge is 2.14. The maximum atomic E-state index is 12.1. The van der Waals surface area contributed by atoms with Crippen LogP contribution in [0.3, 0.4) is 0 Å². The third kappa shape index (κ3) is 3.62. The van der Waals surface area contributed by atoms with Crippen LogP contribution in [0.5, 0.6) is 0 Å². The van der Waals surface area contributed by atoms with Crippen molar-refractivity contribution in [3.05, 3.63) is 69.6 Å². The number of para-hydroxylation sites is 1. The summed E-state index contributed by atoms with van der Waals surface area (Å²) in [7, 11) is 0. The van der Waals surface area contributed by atoms with Gasteiger partial charge in [0.1, 0.15) is 22.3 Å². The Morgan fingerprint density at radius 1 is 1.35 bits per heavy atom. The first-order valence-corrected chi connectivity index (χ1v) is 7.77. The molecule has 0 unspecified atom stereocenters. The molecule has 1 aromatic carbocycles. The third-order valence-corrected chi connectivity index (χ3v) is 3.80. The average molecular weight is 350 g/mol. The van der Waals surface area contributed by atoms with Crippen molar-refractivity contribution < 1.29 is 14.1 Å². The summed E-state index contributed by atoms with van der Waals surface area (Å²) in [5.41, 5.74) is 1.89. The monoisotopic (exact) mass is 350 g/mol. The number of carbonyl (C=O) groups is 1. The minimum atomic E-state index is -0.690. The molecule has 0 radical (unpaired) electrons. The quantitative estimate of drug-likeness (QED) is 0.306. The van der Waals surface area contributed by atoms with E-state index in [1.54, 1.807) is 6.07 Å². The molecule has 0 bridgehead atoms. The predicted octanol–water partition coefficient (Wildman–Crippen LogP) is 2.93. The van der Waals surface area contributed by atoms with Gasteiger partial charge in [0.2, 0.25) is 0 Å². The minimum Gasteiger partial charge on any atom is -0.401 e. The van der Waals surface area contributed by atoms with E-state index in [-0.39, 0.29) is 11.3 Å². The number of hydrogen-bond acceptors (Lipinski definition) is 5. The van der Waals surface area contributed by atoms with E-state index in [0.29, 0.717) is 13.0 Å². The van der Waals surface area contributed by atoms with Crippen LogP contribution in [-0.2, 0) is 11.2 Å². The Bertz CT molecular complexity index is 1040. The second-order valence-electron chi connectivity index (χ2n) is 5.47. The zero-order valence-corrected chi connectivity index (χ0v) is 13.6. The Labute approximate surface area is 147 Å². The van der Waals surface area contributed by atoms with Crippen molar-refractivity contribution in [2.45, 2.75) is 6.42 Å². The molecule has 8 nitrogen and oxygen atoms in total. The highest BCUT2D eigenvalue weighted by molar-refractivity contribution is 6.01. The second kappa shape index (κ2) is 7.36. The zero-order chi connectivity index (χ0) is 18.5. The summed E-state index contributed by atoms with van der Waals surface area (Å²) in [6.45, 7) is 0.345. The van der Waals surface area contributed by atoms with Crippen molar-refractivity contribution in [1.29, 1.82) is 5.26 Å². The van der Waals surface area contributed by atoms with E-state index in [9.17, 15) is 14.9 Å². The van der Waals surface area contributed by atoms with Crippen molar-refractivity contribution in [3.8, 4) is 6.07 Å². The number of benzene rings is 1. The molecule has 0 saturated heterocycles. The Kier molecular flexibility index (Phi) is 4.80. The van der Waals surface area contributed by atoms with Crippen molar-refractivity contribution in [1.82, 2.24) is 10.3 Å². The molecule has 2 heterocycles. The number of aromatic nitrogens is 1. The Hall–Kier alpha value is -3.86. The minimum absolute atomic E-state index is 0.0695. The van der Waals surface area contributed by atoms with E-state index in [1.807, 2.05) is 30.5 Å². The Morgan fingerprint density at radius 2 is 2.15 bits per heavy atom. The van der Waals surface area contributed by atoms with Gasteiger partial charge in [-0.25, -0.2) is 0 Å². The standard InChI is InChI=1S/C18H14N4O4/c19-10-13(9-14-5-6-17(26-14)22(24)25)18(23)20-8-7-12-11-21-16-4-2-1-3-15(12)16/h1-6,9,11,21H,7-8H2,(H,20,23). The highest BCUT2D eigenvalue weighted by Crippen LogP contribution is 2.19. The molecule has 26 heavy (non-hydrogen) atoms. The summed E-state index contributed by atoms with van der Waals surface area (Å²) in [4.78, 5) is 25.2. The molecule has 2 N–H and O–H groups in total. The van der Waals surface area contributed by atoms with Gasteiger partial charge in [-0.1, -0.05) is 18.2 Å². The van der Waals surface area contributed by atoms with Crippen LogP contribution >= 0.6 is 0 Å². The molecule has 2 aromatic heterocycles. The van der Waals surface area contributed by atoms with Gasteiger partial charge < -0.3 is 14.7 Å². The van der Waals surface area contributed by atoms with Crippen LogP contribution in [0.1, 0.15) is 11.3 Å².